The van der Waals surface area contributed by atoms with Gasteiger partial charge >= 0.3 is 0 Å². The van der Waals surface area contributed by atoms with Crippen LogP contribution in [0.25, 0.3) is 0 Å². The van der Waals surface area contributed by atoms with Crippen LogP contribution in [-0.4, -0.2) is 42.7 Å². The predicted molar refractivity (Wildman–Crippen MR) is 68.8 cm³/mol. The molecule has 16 heavy (non-hydrogen) atoms. The summed E-state index contributed by atoms with van der Waals surface area (Å²) in [5.41, 5.74) is 1.18. The Morgan fingerprint density at radius 3 is 2.81 bits per heavy atom. The first-order valence-corrected chi connectivity index (χ1v) is 6.46. The molecular weight excluding hydrogens is 268 g/mol. The van der Waals surface area contributed by atoms with Crippen molar-refractivity contribution >= 4 is 15.9 Å². The Morgan fingerprint density at radius 1 is 1.31 bits per heavy atom. The molecule has 0 bridgehead atoms. The minimum atomic E-state index is 0.331. The smallest absolute Gasteiger partial charge is 0.130 e. The summed E-state index contributed by atoms with van der Waals surface area (Å²) in [5, 5.41) is 12.9. The zero-order valence-electron chi connectivity index (χ0n) is 9.25. The first-order chi connectivity index (χ1) is 7.77. The van der Waals surface area contributed by atoms with Crippen molar-refractivity contribution in [1.82, 2.24) is 10.2 Å². The summed E-state index contributed by atoms with van der Waals surface area (Å²) in [4.78, 5) is 2.45. The standard InChI is InChI=1S/C12H17BrN2O/c13-12-10(2-1-3-11(12)16)4-7-15-8-5-14-6-9-15/h1-3,14,16H,4-9H2. The van der Waals surface area contributed by atoms with Crippen LogP contribution in [0.3, 0.4) is 0 Å². The number of hydrogen-bond acceptors (Lipinski definition) is 3. The topological polar surface area (TPSA) is 35.5 Å². The van der Waals surface area contributed by atoms with Gasteiger partial charge in [-0.1, -0.05) is 12.1 Å². The van der Waals surface area contributed by atoms with Gasteiger partial charge in [-0.15, -0.1) is 0 Å². The molecule has 2 rings (SSSR count). The van der Waals surface area contributed by atoms with Crippen LogP contribution >= 0.6 is 15.9 Å². The van der Waals surface area contributed by atoms with Gasteiger partial charge in [0.1, 0.15) is 5.75 Å². The molecule has 0 unspecified atom stereocenters. The maximum absolute atomic E-state index is 9.57. The summed E-state index contributed by atoms with van der Waals surface area (Å²) in [6.07, 6.45) is 0.981. The molecule has 0 aliphatic carbocycles. The van der Waals surface area contributed by atoms with E-state index in [4.69, 9.17) is 0 Å². The van der Waals surface area contributed by atoms with E-state index in [-0.39, 0.29) is 0 Å². The molecule has 0 atom stereocenters. The lowest BCUT2D eigenvalue weighted by atomic mass is 10.1. The second-order valence-electron chi connectivity index (χ2n) is 4.09. The van der Waals surface area contributed by atoms with Crippen LogP contribution < -0.4 is 5.32 Å². The fourth-order valence-corrected chi connectivity index (χ4v) is 2.44. The van der Waals surface area contributed by atoms with Crippen LogP contribution in [0.5, 0.6) is 5.75 Å². The molecule has 0 spiro atoms. The lowest BCUT2D eigenvalue weighted by Gasteiger charge is -2.27. The number of piperazine rings is 1. The number of rotatable bonds is 3. The van der Waals surface area contributed by atoms with Gasteiger partial charge in [-0.2, -0.15) is 0 Å². The van der Waals surface area contributed by atoms with E-state index in [9.17, 15) is 5.11 Å². The van der Waals surface area contributed by atoms with E-state index in [1.807, 2.05) is 6.07 Å². The summed E-state index contributed by atoms with van der Waals surface area (Å²) in [6, 6.07) is 5.66. The fourth-order valence-electron chi connectivity index (χ4n) is 1.97. The maximum Gasteiger partial charge on any atom is 0.130 e. The number of benzene rings is 1. The molecular formula is C12H17BrN2O. The van der Waals surface area contributed by atoms with Crippen molar-refractivity contribution in [3.63, 3.8) is 0 Å². The molecule has 2 N–H and O–H groups in total. The molecule has 0 radical (unpaired) electrons. The van der Waals surface area contributed by atoms with Crippen molar-refractivity contribution in [2.75, 3.05) is 32.7 Å². The molecule has 3 nitrogen and oxygen atoms in total. The first kappa shape index (κ1) is 11.9. The highest BCUT2D eigenvalue weighted by atomic mass is 79.9. The molecule has 1 aromatic rings. The number of halogens is 1. The minimum Gasteiger partial charge on any atom is -0.507 e. The van der Waals surface area contributed by atoms with Crippen LogP contribution in [0.2, 0.25) is 0 Å². The summed E-state index contributed by atoms with van der Waals surface area (Å²) < 4.78 is 0.838. The van der Waals surface area contributed by atoms with Crippen molar-refractivity contribution in [2.24, 2.45) is 0 Å². The average molecular weight is 285 g/mol. The van der Waals surface area contributed by atoms with Gasteiger partial charge in [0.05, 0.1) is 4.47 Å². The van der Waals surface area contributed by atoms with Gasteiger partial charge < -0.3 is 15.3 Å². The summed E-state index contributed by atoms with van der Waals surface area (Å²) in [7, 11) is 0. The Bertz CT molecular complexity index is 351. The van der Waals surface area contributed by atoms with E-state index in [1.165, 1.54) is 5.56 Å². The SMILES string of the molecule is Oc1cccc(CCN2CCNCC2)c1Br. The normalized spacial score (nSPS) is 17.6. The number of nitrogens with zero attached hydrogens (tertiary/aromatic N) is 1. The van der Waals surface area contributed by atoms with Gasteiger partial charge in [-0.05, 0) is 34.0 Å². The third-order valence-corrected chi connectivity index (χ3v) is 3.88. The van der Waals surface area contributed by atoms with E-state index in [0.29, 0.717) is 5.75 Å². The summed E-state index contributed by atoms with van der Waals surface area (Å²) in [5.74, 6) is 0.331. The molecule has 1 aliphatic heterocycles. The maximum atomic E-state index is 9.57. The Kier molecular flexibility index (Phi) is 4.21. The Hall–Kier alpha value is -0.580. The monoisotopic (exact) mass is 284 g/mol. The summed E-state index contributed by atoms with van der Waals surface area (Å²) >= 11 is 3.42. The average Bonchev–Trinajstić information content (AvgIpc) is 2.32. The van der Waals surface area contributed by atoms with E-state index < -0.39 is 0 Å². The lowest BCUT2D eigenvalue weighted by Crippen LogP contribution is -2.44. The molecule has 1 fully saturated rings. The molecule has 1 heterocycles. The van der Waals surface area contributed by atoms with Gasteiger partial charge in [-0.3, -0.25) is 0 Å². The number of phenols is 1. The molecule has 0 aromatic heterocycles. The van der Waals surface area contributed by atoms with Crippen LogP contribution in [0.4, 0.5) is 0 Å². The van der Waals surface area contributed by atoms with E-state index in [2.05, 4.69) is 32.2 Å². The number of aromatic hydroxyl groups is 1. The highest BCUT2D eigenvalue weighted by Gasteiger charge is 2.10. The lowest BCUT2D eigenvalue weighted by molar-refractivity contribution is 0.243. The zero-order chi connectivity index (χ0) is 11.4. The largest absolute Gasteiger partial charge is 0.507 e. The quantitative estimate of drug-likeness (QED) is 0.885. The molecule has 1 saturated heterocycles. The molecule has 1 aromatic carbocycles. The second-order valence-corrected chi connectivity index (χ2v) is 4.88. The van der Waals surface area contributed by atoms with Crippen molar-refractivity contribution in [2.45, 2.75) is 6.42 Å². The number of nitrogens with one attached hydrogen (secondary N) is 1. The van der Waals surface area contributed by atoms with Crippen molar-refractivity contribution in [3.05, 3.63) is 28.2 Å². The van der Waals surface area contributed by atoms with E-state index >= 15 is 0 Å². The molecule has 88 valence electrons. The second kappa shape index (κ2) is 5.66. The minimum absolute atomic E-state index is 0.331. The van der Waals surface area contributed by atoms with Crippen molar-refractivity contribution in [1.29, 1.82) is 0 Å². The Morgan fingerprint density at radius 2 is 2.06 bits per heavy atom. The van der Waals surface area contributed by atoms with Gasteiger partial charge in [0.15, 0.2) is 0 Å². The Balaban J connectivity index is 1.91. The third kappa shape index (κ3) is 2.97. The number of hydrogen-bond donors (Lipinski definition) is 2. The van der Waals surface area contributed by atoms with Crippen LogP contribution in [0.1, 0.15) is 5.56 Å². The van der Waals surface area contributed by atoms with E-state index in [1.54, 1.807) is 6.07 Å². The highest BCUT2D eigenvalue weighted by Crippen LogP contribution is 2.27. The van der Waals surface area contributed by atoms with Crippen molar-refractivity contribution in [3.8, 4) is 5.75 Å². The van der Waals surface area contributed by atoms with Crippen LogP contribution in [0, 0.1) is 0 Å². The summed E-state index contributed by atoms with van der Waals surface area (Å²) in [6.45, 7) is 5.47. The van der Waals surface area contributed by atoms with Crippen LogP contribution in [0.15, 0.2) is 22.7 Å². The third-order valence-electron chi connectivity index (χ3n) is 2.97. The Labute approximate surface area is 105 Å². The number of phenolic OH excluding ortho intramolecular Hbond substituents is 1. The molecule has 4 heteroatoms. The van der Waals surface area contributed by atoms with E-state index in [0.717, 1.165) is 43.6 Å². The van der Waals surface area contributed by atoms with Gasteiger partial charge in [0.2, 0.25) is 0 Å². The van der Waals surface area contributed by atoms with Gasteiger partial charge in [-0.25, -0.2) is 0 Å². The first-order valence-electron chi connectivity index (χ1n) is 5.67. The molecule has 1 aliphatic rings. The zero-order valence-corrected chi connectivity index (χ0v) is 10.8. The molecule has 0 amide bonds. The van der Waals surface area contributed by atoms with Crippen LogP contribution in [-0.2, 0) is 6.42 Å². The predicted octanol–water partition coefficient (Wildman–Crippen LogP) is 1.60. The van der Waals surface area contributed by atoms with Gasteiger partial charge in [0, 0.05) is 32.7 Å². The van der Waals surface area contributed by atoms with Crippen molar-refractivity contribution < 1.29 is 5.11 Å². The highest BCUT2D eigenvalue weighted by molar-refractivity contribution is 9.10. The fraction of sp³-hybridized carbons (Fsp3) is 0.500. The molecule has 0 saturated carbocycles. The van der Waals surface area contributed by atoms with Gasteiger partial charge in [0.25, 0.3) is 0 Å².